The van der Waals surface area contributed by atoms with Gasteiger partial charge in [-0.25, -0.2) is 0 Å². The number of ether oxygens (including phenoxy) is 2. The number of alkyl halides is 1. The largest absolute Gasteiger partial charge is 0.491 e. The average molecular weight is 381 g/mol. The average Bonchev–Trinajstić information content (AvgIpc) is 2.70. The molecule has 0 bridgehead atoms. The maximum absolute atomic E-state index is 12.5. The van der Waals surface area contributed by atoms with E-state index in [0.29, 0.717) is 22.6 Å². The van der Waals surface area contributed by atoms with Crippen molar-refractivity contribution in [3.8, 4) is 11.5 Å². The van der Waals surface area contributed by atoms with Crippen LogP contribution in [-0.4, -0.2) is 59.0 Å². The van der Waals surface area contributed by atoms with Gasteiger partial charge in [-0.05, 0) is 48.5 Å². The molecule has 0 radical (unpaired) electrons. The molecule has 2 aromatic rings. The zero-order chi connectivity index (χ0) is 18.9. The summed E-state index contributed by atoms with van der Waals surface area (Å²) < 4.78 is 10.7. The fourth-order valence-electron chi connectivity index (χ4n) is 2.05. The van der Waals surface area contributed by atoms with Crippen molar-refractivity contribution >= 4 is 17.4 Å². The highest BCUT2D eigenvalue weighted by molar-refractivity contribution is 6.18. The monoisotopic (exact) mass is 380 g/mol. The summed E-state index contributed by atoms with van der Waals surface area (Å²) in [6, 6.07) is 13.1. The smallest absolute Gasteiger partial charge is 0.193 e. The van der Waals surface area contributed by atoms with Crippen LogP contribution in [0.1, 0.15) is 15.9 Å². The second kappa shape index (κ2) is 10.1. The summed E-state index contributed by atoms with van der Waals surface area (Å²) in [5, 5.41) is 27.4. The lowest BCUT2D eigenvalue weighted by Crippen LogP contribution is -2.21. The number of carbonyl (C=O) groups is 1. The molecule has 0 aromatic heterocycles. The third kappa shape index (κ3) is 6.00. The van der Waals surface area contributed by atoms with Crippen LogP contribution in [0.25, 0.3) is 0 Å². The van der Waals surface area contributed by atoms with Crippen LogP contribution in [0.2, 0.25) is 0 Å². The van der Waals surface area contributed by atoms with Crippen LogP contribution in [0, 0.1) is 0 Å². The fourth-order valence-corrected chi connectivity index (χ4v) is 2.14. The molecule has 6 nitrogen and oxygen atoms in total. The molecule has 0 spiro atoms. The Bertz CT molecular complexity index is 627. The SMILES string of the molecule is O=C(c1ccc(OC[C@H](O)CO)cc1)c1ccc(OC[C@@H](O)CCl)cc1. The third-order valence-electron chi connectivity index (χ3n) is 3.51. The van der Waals surface area contributed by atoms with Crippen LogP contribution < -0.4 is 9.47 Å². The molecular formula is C19H21ClO6. The van der Waals surface area contributed by atoms with Gasteiger partial charge < -0.3 is 24.8 Å². The highest BCUT2D eigenvalue weighted by atomic mass is 35.5. The Morgan fingerprint density at radius 3 is 1.65 bits per heavy atom. The van der Waals surface area contributed by atoms with E-state index < -0.39 is 12.2 Å². The lowest BCUT2D eigenvalue weighted by Gasteiger charge is -2.11. The molecule has 7 heteroatoms. The number of hydrogen-bond acceptors (Lipinski definition) is 6. The number of rotatable bonds is 10. The van der Waals surface area contributed by atoms with Gasteiger partial charge in [0.25, 0.3) is 0 Å². The minimum absolute atomic E-state index is 0.0241. The van der Waals surface area contributed by atoms with Crippen LogP contribution in [0.4, 0.5) is 0 Å². The molecule has 0 fully saturated rings. The van der Waals surface area contributed by atoms with Gasteiger partial charge in [0.15, 0.2) is 5.78 Å². The zero-order valence-electron chi connectivity index (χ0n) is 14.0. The second-order valence-electron chi connectivity index (χ2n) is 5.64. The first-order valence-electron chi connectivity index (χ1n) is 8.07. The molecule has 26 heavy (non-hydrogen) atoms. The van der Waals surface area contributed by atoms with Gasteiger partial charge in [-0.1, -0.05) is 0 Å². The molecule has 0 amide bonds. The third-order valence-corrected chi connectivity index (χ3v) is 3.86. The number of aliphatic hydroxyl groups excluding tert-OH is 3. The summed E-state index contributed by atoms with van der Waals surface area (Å²) >= 11 is 5.50. The Kier molecular flexibility index (Phi) is 7.87. The Morgan fingerprint density at radius 1 is 0.846 bits per heavy atom. The van der Waals surface area contributed by atoms with Gasteiger partial charge in [-0.3, -0.25) is 4.79 Å². The van der Waals surface area contributed by atoms with Gasteiger partial charge in [0.2, 0.25) is 0 Å². The van der Waals surface area contributed by atoms with Gasteiger partial charge in [0.1, 0.15) is 36.9 Å². The van der Waals surface area contributed by atoms with E-state index in [4.69, 9.17) is 26.2 Å². The van der Waals surface area contributed by atoms with Crippen LogP contribution >= 0.6 is 11.6 Å². The maximum atomic E-state index is 12.5. The molecule has 0 aliphatic carbocycles. The number of hydrogen-bond donors (Lipinski definition) is 3. The zero-order valence-corrected chi connectivity index (χ0v) is 14.8. The van der Waals surface area contributed by atoms with Crippen molar-refractivity contribution in [2.45, 2.75) is 12.2 Å². The highest BCUT2D eigenvalue weighted by Gasteiger charge is 2.10. The lowest BCUT2D eigenvalue weighted by molar-refractivity contribution is 0.0536. The topological polar surface area (TPSA) is 96.2 Å². The van der Waals surface area contributed by atoms with Crippen LogP contribution in [0.15, 0.2) is 48.5 Å². The van der Waals surface area contributed by atoms with Crippen molar-refractivity contribution < 1.29 is 29.6 Å². The molecular weight excluding hydrogens is 360 g/mol. The Hall–Kier alpha value is -2.12. The van der Waals surface area contributed by atoms with Gasteiger partial charge in [0, 0.05) is 11.1 Å². The van der Waals surface area contributed by atoms with Crippen molar-refractivity contribution in [1.29, 1.82) is 0 Å². The first kappa shape index (κ1) is 20.2. The Morgan fingerprint density at radius 2 is 1.27 bits per heavy atom. The lowest BCUT2D eigenvalue weighted by atomic mass is 10.0. The molecule has 3 N–H and O–H groups in total. The Balaban J connectivity index is 1.95. The molecule has 0 unspecified atom stereocenters. The molecule has 0 heterocycles. The summed E-state index contributed by atoms with van der Waals surface area (Å²) in [6.45, 7) is -0.311. The normalized spacial score (nSPS) is 13.1. The van der Waals surface area contributed by atoms with E-state index in [1.54, 1.807) is 48.5 Å². The van der Waals surface area contributed by atoms with Crippen molar-refractivity contribution in [3.05, 3.63) is 59.7 Å². The summed E-state index contributed by atoms with van der Waals surface area (Å²) in [5.74, 6) is 0.974. The second-order valence-corrected chi connectivity index (χ2v) is 5.95. The van der Waals surface area contributed by atoms with Gasteiger partial charge in [0.05, 0.1) is 12.5 Å². The number of carbonyl (C=O) groups excluding carboxylic acids is 1. The predicted octanol–water partition coefficient (Wildman–Crippen LogP) is 1.63. The summed E-state index contributed by atoms with van der Waals surface area (Å²) in [4.78, 5) is 12.5. The van der Waals surface area contributed by atoms with E-state index in [0.717, 1.165) is 0 Å². The van der Waals surface area contributed by atoms with E-state index in [9.17, 15) is 15.0 Å². The van der Waals surface area contributed by atoms with Crippen LogP contribution in [0.3, 0.4) is 0 Å². The number of ketones is 1. The summed E-state index contributed by atoms with van der Waals surface area (Å²) in [6.07, 6.45) is -1.68. The maximum Gasteiger partial charge on any atom is 0.193 e. The van der Waals surface area contributed by atoms with E-state index in [-0.39, 0.29) is 31.5 Å². The quantitative estimate of drug-likeness (QED) is 0.428. The number of aliphatic hydroxyl groups is 3. The standard InChI is InChI=1S/C19H21ClO6/c20-9-15(22)11-25-17-5-1-13(2-6-17)19(24)14-3-7-18(8-4-14)26-12-16(23)10-21/h1-8,15-16,21-23H,9-12H2/t15-,16+/m0/s1. The summed E-state index contributed by atoms with van der Waals surface area (Å²) in [5.41, 5.74) is 0.992. The van der Waals surface area contributed by atoms with Crippen LogP contribution in [-0.2, 0) is 0 Å². The number of halogens is 1. The first-order valence-corrected chi connectivity index (χ1v) is 8.60. The Labute approximate surface area is 156 Å². The molecule has 0 saturated heterocycles. The highest BCUT2D eigenvalue weighted by Crippen LogP contribution is 2.18. The van der Waals surface area contributed by atoms with E-state index in [1.165, 1.54) is 0 Å². The van der Waals surface area contributed by atoms with E-state index in [2.05, 4.69) is 0 Å². The number of benzene rings is 2. The van der Waals surface area contributed by atoms with Gasteiger partial charge in [-0.2, -0.15) is 0 Å². The van der Waals surface area contributed by atoms with Crippen molar-refractivity contribution in [3.63, 3.8) is 0 Å². The van der Waals surface area contributed by atoms with E-state index in [1.807, 2.05) is 0 Å². The van der Waals surface area contributed by atoms with E-state index >= 15 is 0 Å². The van der Waals surface area contributed by atoms with Gasteiger partial charge in [-0.15, -0.1) is 11.6 Å². The molecule has 0 saturated carbocycles. The molecule has 2 aromatic carbocycles. The summed E-state index contributed by atoms with van der Waals surface area (Å²) in [7, 11) is 0. The van der Waals surface area contributed by atoms with Crippen molar-refractivity contribution in [2.24, 2.45) is 0 Å². The van der Waals surface area contributed by atoms with Gasteiger partial charge >= 0.3 is 0 Å². The van der Waals surface area contributed by atoms with Crippen molar-refractivity contribution in [1.82, 2.24) is 0 Å². The molecule has 0 aliphatic rings. The predicted molar refractivity (Wildman–Crippen MR) is 97.1 cm³/mol. The fraction of sp³-hybridized carbons (Fsp3) is 0.316. The molecule has 140 valence electrons. The molecule has 0 aliphatic heterocycles. The first-order chi connectivity index (χ1) is 12.5. The minimum atomic E-state index is -0.942. The molecule has 2 atom stereocenters. The van der Waals surface area contributed by atoms with Crippen LogP contribution in [0.5, 0.6) is 11.5 Å². The minimum Gasteiger partial charge on any atom is -0.491 e. The van der Waals surface area contributed by atoms with Crippen molar-refractivity contribution in [2.75, 3.05) is 25.7 Å². The molecule has 2 rings (SSSR count).